The Kier molecular flexibility index (Phi) is 6.30. The van der Waals surface area contributed by atoms with Gasteiger partial charge in [0.15, 0.2) is 11.4 Å². The van der Waals surface area contributed by atoms with Crippen molar-refractivity contribution in [3.05, 3.63) is 38.9 Å². The first kappa shape index (κ1) is 19.6. The van der Waals surface area contributed by atoms with Crippen molar-refractivity contribution in [1.29, 1.82) is 0 Å². The van der Waals surface area contributed by atoms with Crippen LogP contribution >= 0.6 is 38.6 Å². The Balaban J connectivity index is 1.84. The van der Waals surface area contributed by atoms with Crippen molar-refractivity contribution < 1.29 is 19.1 Å². The van der Waals surface area contributed by atoms with Gasteiger partial charge in [-0.15, -0.1) is 22.7 Å². The largest absolute Gasteiger partial charge is 0.461 e. The van der Waals surface area contributed by atoms with Gasteiger partial charge in [0, 0.05) is 16.3 Å². The van der Waals surface area contributed by atoms with E-state index in [1.54, 1.807) is 30.7 Å². The highest BCUT2D eigenvalue weighted by Crippen LogP contribution is 2.32. The molecular weight excluding hydrogens is 454 g/mol. The van der Waals surface area contributed by atoms with Crippen LogP contribution in [0.5, 0.6) is 0 Å². The molecule has 0 saturated heterocycles. The van der Waals surface area contributed by atoms with Gasteiger partial charge in [0.05, 0.1) is 13.2 Å². The van der Waals surface area contributed by atoms with Gasteiger partial charge >= 0.3 is 11.9 Å². The molecule has 0 aliphatic carbocycles. The Bertz CT molecular complexity index is 986. The van der Waals surface area contributed by atoms with Gasteiger partial charge in [0.2, 0.25) is 0 Å². The number of nitrogens with zero attached hydrogens (tertiary/aromatic N) is 3. The first-order valence-electron chi connectivity index (χ1n) is 7.96. The van der Waals surface area contributed by atoms with Crippen molar-refractivity contribution in [2.75, 3.05) is 13.2 Å². The second kappa shape index (κ2) is 8.68. The van der Waals surface area contributed by atoms with Gasteiger partial charge in [-0.05, 0) is 41.9 Å². The van der Waals surface area contributed by atoms with E-state index in [4.69, 9.17) is 9.47 Å². The lowest BCUT2D eigenvalue weighted by atomic mass is 10.2. The van der Waals surface area contributed by atoms with Crippen molar-refractivity contribution in [3.8, 4) is 21.3 Å². The molecule has 0 saturated carbocycles. The summed E-state index contributed by atoms with van der Waals surface area (Å²) in [5.74, 6) is -0.903. The number of carbonyl (C=O) groups is 2. The van der Waals surface area contributed by atoms with E-state index < -0.39 is 11.9 Å². The normalized spacial score (nSPS) is 10.6. The molecule has 0 aliphatic heterocycles. The molecule has 0 fully saturated rings. The number of hydrogen-bond acceptors (Lipinski definition) is 9. The van der Waals surface area contributed by atoms with Gasteiger partial charge in [-0.1, -0.05) is 0 Å². The highest BCUT2D eigenvalue weighted by atomic mass is 79.9. The predicted octanol–water partition coefficient (Wildman–Crippen LogP) is 4.44. The molecule has 0 aromatic carbocycles. The van der Waals surface area contributed by atoms with Gasteiger partial charge in [-0.2, -0.15) is 0 Å². The SMILES string of the molecule is CCOC(=O)c1csc(-c2ccc(-c3nc(C(=O)OCC)cs3)c(Br)n2)n1. The standard InChI is InChI=1S/C17H14BrN3O4S2/c1-3-24-16(22)11-7-26-14(20-11)9-5-6-10(19-13(9)18)15-21-12(8-27-15)17(23)25-4-2/h5-8H,3-4H2,1-2H3. The third-order valence-electron chi connectivity index (χ3n) is 3.28. The van der Waals surface area contributed by atoms with E-state index >= 15 is 0 Å². The fourth-order valence-corrected chi connectivity index (χ4v) is 4.31. The van der Waals surface area contributed by atoms with Crippen LogP contribution in [0.4, 0.5) is 0 Å². The lowest BCUT2D eigenvalue weighted by Gasteiger charge is -2.02. The fraction of sp³-hybridized carbons (Fsp3) is 0.235. The van der Waals surface area contributed by atoms with E-state index in [0.717, 1.165) is 5.56 Å². The summed E-state index contributed by atoms with van der Waals surface area (Å²) < 4.78 is 10.5. The number of pyridine rings is 1. The molecule has 3 heterocycles. The average molecular weight is 468 g/mol. The number of halogens is 1. The fourth-order valence-electron chi connectivity index (χ4n) is 2.10. The highest BCUT2D eigenvalue weighted by molar-refractivity contribution is 9.10. The molecule has 0 aliphatic rings. The minimum Gasteiger partial charge on any atom is -0.461 e. The minimum atomic E-state index is -0.454. The topological polar surface area (TPSA) is 91.3 Å². The Morgan fingerprint density at radius 2 is 1.48 bits per heavy atom. The van der Waals surface area contributed by atoms with Gasteiger partial charge in [0.1, 0.15) is 20.3 Å². The highest BCUT2D eigenvalue weighted by Gasteiger charge is 2.17. The van der Waals surface area contributed by atoms with E-state index in [2.05, 4.69) is 30.9 Å². The number of rotatable bonds is 6. The zero-order valence-electron chi connectivity index (χ0n) is 14.4. The van der Waals surface area contributed by atoms with E-state index in [-0.39, 0.29) is 11.4 Å². The maximum atomic E-state index is 11.8. The maximum Gasteiger partial charge on any atom is 0.357 e. The van der Waals surface area contributed by atoms with Crippen LogP contribution in [-0.2, 0) is 9.47 Å². The lowest BCUT2D eigenvalue weighted by Crippen LogP contribution is -2.04. The second-order valence-corrected chi connectivity index (χ2v) is 7.52. The Labute approximate surface area is 171 Å². The summed E-state index contributed by atoms with van der Waals surface area (Å²) in [6.07, 6.45) is 0. The van der Waals surface area contributed by atoms with Crippen LogP contribution in [0.15, 0.2) is 27.5 Å². The van der Waals surface area contributed by atoms with Crippen LogP contribution in [-0.4, -0.2) is 40.1 Å². The maximum absolute atomic E-state index is 11.8. The summed E-state index contributed by atoms with van der Waals surface area (Å²) in [5, 5.41) is 4.55. The zero-order chi connectivity index (χ0) is 19.4. The molecule has 10 heteroatoms. The first-order valence-corrected chi connectivity index (χ1v) is 10.5. The molecule has 0 bridgehead atoms. The number of carbonyl (C=O) groups excluding carboxylic acids is 2. The molecule has 3 aromatic rings. The Hall–Kier alpha value is -2.17. The number of hydrogen-bond donors (Lipinski definition) is 0. The molecule has 3 rings (SSSR count). The number of ether oxygens (including phenoxy) is 2. The number of aromatic nitrogens is 3. The summed E-state index contributed by atoms with van der Waals surface area (Å²) in [4.78, 5) is 36.6. The molecule has 0 unspecified atom stereocenters. The van der Waals surface area contributed by atoms with Crippen molar-refractivity contribution >= 4 is 50.5 Å². The third-order valence-corrected chi connectivity index (χ3v) is 5.62. The predicted molar refractivity (Wildman–Crippen MR) is 106 cm³/mol. The second-order valence-electron chi connectivity index (χ2n) is 5.05. The summed E-state index contributed by atoms with van der Waals surface area (Å²) in [5.41, 5.74) is 1.90. The van der Waals surface area contributed by atoms with E-state index in [1.165, 1.54) is 22.7 Å². The zero-order valence-corrected chi connectivity index (χ0v) is 17.6. The number of esters is 2. The molecule has 140 valence electrons. The van der Waals surface area contributed by atoms with Crippen LogP contribution in [0, 0.1) is 0 Å². The molecule has 7 nitrogen and oxygen atoms in total. The average Bonchev–Trinajstić information content (AvgIpc) is 3.32. The van der Waals surface area contributed by atoms with Crippen molar-refractivity contribution in [2.24, 2.45) is 0 Å². The van der Waals surface area contributed by atoms with Crippen LogP contribution in [0.1, 0.15) is 34.8 Å². The van der Waals surface area contributed by atoms with Gasteiger partial charge in [-0.25, -0.2) is 24.5 Å². The van der Waals surface area contributed by atoms with Crippen LogP contribution in [0.3, 0.4) is 0 Å². The smallest absolute Gasteiger partial charge is 0.357 e. The van der Waals surface area contributed by atoms with Crippen LogP contribution in [0.2, 0.25) is 0 Å². The Morgan fingerprint density at radius 1 is 0.926 bits per heavy atom. The summed E-state index contributed by atoms with van der Waals surface area (Å²) in [6.45, 7) is 4.09. The summed E-state index contributed by atoms with van der Waals surface area (Å²) >= 11 is 6.08. The minimum absolute atomic E-state index is 0.262. The van der Waals surface area contributed by atoms with E-state index in [1.807, 2.05) is 6.07 Å². The lowest BCUT2D eigenvalue weighted by molar-refractivity contribution is 0.0511. The molecule has 0 spiro atoms. The summed E-state index contributed by atoms with van der Waals surface area (Å²) in [7, 11) is 0. The molecule has 0 radical (unpaired) electrons. The molecule has 0 N–H and O–H groups in total. The van der Waals surface area contributed by atoms with Crippen LogP contribution in [0.25, 0.3) is 21.3 Å². The number of thiazole rings is 2. The molecular formula is C17H14BrN3O4S2. The molecule has 27 heavy (non-hydrogen) atoms. The van der Waals surface area contributed by atoms with Gasteiger partial charge in [0.25, 0.3) is 0 Å². The van der Waals surface area contributed by atoms with Gasteiger partial charge in [-0.3, -0.25) is 0 Å². The molecule has 3 aromatic heterocycles. The van der Waals surface area contributed by atoms with E-state index in [0.29, 0.717) is 33.5 Å². The van der Waals surface area contributed by atoms with E-state index in [9.17, 15) is 9.59 Å². The van der Waals surface area contributed by atoms with Crippen molar-refractivity contribution in [1.82, 2.24) is 15.0 Å². The Morgan fingerprint density at radius 3 is 2.04 bits per heavy atom. The molecule has 0 amide bonds. The first-order chi connectivity index (χ1) is 13.0. The molecule has 0 atom stereocenters. The van der Waals surface area contributed by atoms with Crippen molar-refractivity contribution in [3.63, 3.8) is 0 Å². The quantitative estimate of drug-likeness (QED) is 0.390. The van der Waals surface area contributed by atoms with Gasteiger partial charge < -0.3 is 9.47 Å². The monoisotopic (exact) mass is 467 g/mol. The third kappa shape index (κ3) is 4.40. The van der Waals surface area contributed by atoms with Crippen molar-refractivity contribution in [2.45, 2.75) is 13.8 Å². The van der Waals surface area contributed by atoms with Crippen LogP contribution < -0.4 is 0 Å². The summed E-state index contributed by atoms with van der Waals surface area (Å²) in [6, 6.07) is 3.63.